The van der Waals surface area contributed by atoms with E-state index in [1.165, 1.54) is 29.1 Å². The van der Waals surface area contributed by atoms with E-state index in [0.29, 0.717) is 0 Å². The maximum atomic E-state index is 12.0. The number of hydrogen-bond donors (Lipinski definition) is 2. The molecule has 2 rings (SSSR count). The minimum absolute atomic E-state index is 0.0258. The topological polar surface area (TPSA) is 127 Å². The molecule has 0 saturated carbocycles. The number of carbonyl (C=O) groups is 2. The van der Waals surface area contributed by atoms with E-state index in [1.807, 2.05) is 0 Å². The fraction of sp³-hybridized carbons (Fsp3) is 0.154. The Balaban J connectivity index is 2.07. The maximum Gasteiger partial charge on any atom is 0.305 e. The fourth-order valence-corrected chi connectivity index (χ4v) is 1.94. The Kier molecular flexibility index (Phi) is 4.91. The molecule has 23 heavy (non-hydrogen) atoms. The van der Waals surface area contributed by atoms with E-state index < -0.39 is 16.8 Å². The van der Waals surface area contributed by atoms with Crippen LogP contribution in [0, 0.1) is 10.1 Å². The van der Waals surface area contributed by atoms with Gasteiger partial charge in [0.15, 0.2) is 5.69 Å². The molecule has 10 heteroatoms. The van der Waals surface area contributed by atoms with Crippen LogP contribution in [-0.2, 0) is 11.3 Å². The number of nitro groups is 1. The van der Waals surface area contributed by atoms with Crippen molar-refractivity contribution in [1.82, 2.24) is 9.78 Å². The van der Waals surface area contributed by atoms with E-state index in [2.05, 4.69) is 10.4 Å². The van der Waals surface area contributed by atoms with E-state index in [9.17, 15) is 19.7 Å². The monoisotopic (exact) mass is 338 g/mol. The van der Waals surface area contributed by atoms with Gasteiger partial charge in [-0.15, -0.1) is 0 Å². The minimum atomic E-state index is -0.968. The third-order valence-electron chi connectivity index (χ3n) is 2.84. The molecule has 1 heterocycles. The van der Waals surface area contributed by atoms with Gasteiger partial charge in [0.1, 0.15) is 0 Å². The molecule has 1 aromatic carbocycles. The number of anilines is 1. The van der Waals surface area contributed by atoms with Crippen molar-refractivity contribution >= 4 is 34.9 Å². The predicted octanol–water partition coefficient (Wildman–Crippen LogP) is 2.17. The minimum Gasteiger partial charge on any atom is -0.481 e. The summed E-state index contributed by atoms with van der Waals surface area (Å²) in [6.07, 6.45) is 1.37. The number of nitrogens with one attached hydrogen (secondary N) is 1. The zero-order valence-electron chi connectivity index (χ0n) is 11.6. The first kappa shape index (κ1) is 16.4. The van der Waals surface area contributed by atoms with E-state index in [4.69, 9.17) is 16.7 Å². The average Bonchev–Trinajstić information content (AvgIpc) is 2.96. The second kappa shape index (κ2) is 6.88. The molecule has 0 spiro atoms. The summed E-state index contributed by atoms with van der Waals surface area (Å²) in [6.45, 7) is 0.140. The van der Waals surface area contributed by atoms with Crippen molar-refractivity contribution in [2.75, 3.05) is 5.32 Å². The summed E-state index contributed by atoms with van der Waals surface area (Å²) < 4.78 is 1.33. The number of carbonyl (C=O) groups excluding carboxylic acids is 1. The number of aromatic nitrogens is 2. The van der Waals surface area contributed by atoms with Gasteiger partial charge in [-0.1, -0.05) is 11.6 Å². The number of aryl methyl sites for hydroxylation is 1. The fourth-order valence-electron chi connectivity index (χ4n) is 1.72. The Morgan fingerprint density at radius 2 is 2.13 bits per heavy atom. The van der Waals surface area contributed by atoms with Crippen LogP contribution in [0.1, 0.15) is 16.9 Å². The number of nitro benzene ring substituents is 1. The van der Waals surface area contributed by atoms with Crippen molar-refractivity contribution < 1.29 is 19.6 Å². The third kappa shape index (κ3) is 4.27. The van der Waals surface area contributed by atoms with Crippen LogP contribution in [0.2, 0.25) is 5.02 Å². The van der Waals surface area contributed by atoms with Gasteiger partial charge in [0.05, 0.1) is 28.6 Å². The molecule has 0 bridgehead atoms. The Morgan fingerprint density at radius 3 is 2.74 bits per heavy atom. The van der Waals surface area contributed by atoms with Crippen LogP contribution in [0.25, 0.3) is 0 Å². The molecule has 0 radical (unpaired) electrons. The zero-order valence-corrected chi connectivity index (χ0v) is 12.4. The Labute approximate surface area is 134 Å². The van der Waals surface area contributed by atoms with Crippen molar-refractivity contribution in [2.24, 2.45) is 0 Å². The van der Waals surface area contributed by atoms with E-state index >= 15 is 0 Å². The number of hydrogen-bond acceptors (Lipinski definition) is 5. The number of carboxylic acids is 1. The SMILES string of the molecule is O=C(O)CCn1ccc(C(=O)Nc2ccc([N+](=O)[O-])cc2Cl)n1. The lowest BCUT2D eigenvalue weighted by Crippen LogP contribution is -2.14. The normalized spacial score (nSPS) is 10.3. The van der Waals surface area contributed by atoms with Crippen LogP contribution in [0.4, 0.5) is 11.4 Å². The summed E-state index contributed by atoms with van der Waals surface area (Å²) in [5.74, 6) is -1.53. The zero-order chi connectivity index (χ0) is 17.0. The first-order valence-corrected chi connectivity index (χ1v) is 6.75. The molecule has 1 amide bonds. The molecule has 0 aliphatic rings. The van der Waals surface area contributed by atoms with Crippen LogP contribution in [0.5, 0.6) is 0 Å². The summed E-state index contributed by atoms with van der Waals surface area (Å²) in [5.41, 5.74) is 0.0955. The molecular weight excluding hydrogens is 328 g/mol. The quantitative estimate of drug-likeness (QED) is 0.613. The molecule has 2 N–H and O–H groups in total. The highest BCUT2D eigenvalue weighted by molar-refractivity contribution is 6.34. The lowest BCUT2D eigenvalue weighted by Gasteiger charge is -2.05. The van der Waals surface area contributed by atoms with Gasteiger partial charge in [-0.3, -0.25) is 24.4 Å². The predicted molar refractivity (Wildman–Crippen MR) is 80.5 cm³/mol. The molecule has 0 atom stereocenters. The molecule has 1 aromatic heterocycles. The standard InChI is InChI=1S/C13H11ClN4O5/c14-9-7-8(18(22)23)1-2-10(9)15-13(21)11-3-5-17(16-11)6-4-12(19)20/h1-3,5,7H,4,6H2,(H,15,21)(H,19,20). The van der Waals surface area contributed by atoms with Crippen molar-refractivity contribution in [2.45, 2.75) is 13.0 Å². The van der Waals surface area contributed by atoms with Gasteiger partial charge >= 0.3 is 5.97 Å². The van der Waals surface area contributed by atoms with E-state index in [0.717, 1.165) is 6.07 Å². The molecule has 2 aromatic rings. The van der Waals surface area contributed by atoms with Gasteiger partial charge in [0.25, 0.3) is 11.6 Å². The largest absolute Gasteiger partial charge is 0.481 e. The van der Waals surface area contributed by atoms with Crippen molar-refractivity contribution in [3.8, 4) is 0 Å². The maximum absolute atomic E-state index is 12.0. The lowest BCUT2D eigenvalue weighted by atomic mass is 10.2. The van der Waals surface area contributed by atoms with Gasteiger partial charge in [-0.25, -0.2) is 0 Å². The Morgan fingerprint density at radius 1 is 1.39 bits per heavy atom. The van der Waals surface area contributed by atoms with Crippen LogP contribution < -0.4 is 5.32 Å². The molecule has 120 valence electrons. The molecular formula is C13H11ClN4O5. The first-order valence-electron chi connectivity index (χ1n) is 6.37. The summed E-state index contributed by atoms with van der Waals surface area (Å²) in [6, 6.07) is 5.09. The summed E-state index contributed by atoms with van der Waals surface area (Å²) in [7, 11) is 0. The first-order chi connectivity index (χ1) is 10.9. The summed E-state index contributed by atoms with van der Waals surface area (Å²) >= 11 is 5.88. The number of non-ortho nitro benzene ring substituents is 1. The molecule has 0 aliphatic carbocycles. The highest BCUT2D eigenvalue weighted by Crippen LogP contribution is 2.26. The van der Waals surface area contributed by atoms with Crippen LogP contribution >= 0.6 is 11.6 Å². The van der Waals surface area contributed by atoms with Crippen LogP contribution in [0.3, 0.4) is 0 Å². The van der Waals surface area contributed by atoms with Gasteiger partial charge in [0.2, 0.25) is 0 Å². The lowest BCUT2D eigenvalue weighted by molar-refractivity contribution is -0.384. The van der Waals surface area contributed by atoms with Gasteiger partial charge in [0, 0.05) is 18.3 Å². The second-order valence-electron chi connectivity index (χ2n) is 4.48. The third-order valence-corrected chi connectivity index (χ3v) is 3.15. The van der Waals surface area contributed by atoms with Crippen LogP contribution in [-0.4, -0.2) is 31.7 Å². The van der Waals surface area contributed by atoms with Gasteiger partial charge in [-0.05, 0) is 12.1 Å². The Bertz CT molecular complexity index is 773. The molecule has 0 fully saturated rings. The number of amides is 1. The molecule has 0 saturated heterocycles. The number of rotatable bonds is 6. The molecule has 0 unspecified atom stereocenters. The molecule has 0 aliphatic heterocycles. The Hall–Kier alpha value is -2.94. The molecule has 9 nitrogen and oxygen atoms in total. The number of nitrogens with zero attached hydrogens (tertiary/aromatic N) is 3. The number of aliphatic carboxylic acids is 1. The second-order valence-corrected chi connectivity index (χ2v) is 4.89. The van der Waals surface area contributed by atoms with E-state index in [-0.39, 0.29) is 35.1 Å². The van der Waals surface area contributed by atoms with E-state index in [1.54, 1.807) is 0 Å². The number of halogens is 1. The summed E-state index contributed by atoms with van der Waals surface area (Å²) in [4.78, 5) is 32.6. The highest BCUT2D eigenvalue weighted by Gasteiger charge is 2.14. The number of benzene rings is 1. The van der Waals surface area contributed by atoms with Crippen molar-refractivity contribution in [3.63, 3.8) is 0 Å². The number of carboxylic acid groups (broad SMARTS) is 1. The average molecular weight is 339 g/mol. The smallest absolute Gasteiger partial charge is 0.305 e. The van der Waals surface area contributed by atoms with Crippen LogP contribution in [0.15, 0.2) is 30.5 Å². The van der Waals surface area contributed by atoms with Crippen molar-refractivity contribution in [1.29, 1.82) is 0 Å². The van der Waals surface area contributed by atoms with Gasteiger partial charge < -0.3 is 10.4 Å². The highest BCUT2D eigenvalue weighted by atomic mass is 35.5. The summed E-state index contributed by atoms with van der Waals surface area (Å²) in [5, 5.41) is 25.7. The van der Waals surface area contributed by atoms with Crippen molar-refractivity contribution in [3.05, 3.63) is 51.3 Å². The van der Waals surface area contributed by atoms with Gasteiger partial charge in [-0.2, -0.15) is 5.10 Å².